The third-order valence-electron chi connectivity index (χ3n) is 2.10. The summed E-state index contributed by atoms with van der Waals surface area (Å²) in [5.41, 5.74) is 8.86. The molecule has 0 fully saturated rings. The summed E-state index contributed by atoms with van der Waals surface area (Å²) >= 11 is 0. The van der Waals surface area contributed by atoms with Gasteiger partial charge in [-0.1, -0.05) is 12.1 Å². The number of hydrogen-bond acceptors (Lipinski definition) is 3. The van der Waals surface area contributed by atoms with Gasteiger partial charge in [-0.3, -0.25) is 0 Å². The highest BCUT2D eigenvalue weighted by molar-refractivity contribution is 6.04. The van der Waals surface area contributed by atoms with E-state index in [4.69, 9.17) is 10.5 Å². The molecule has 1 heterocycles. The molecule has 0 unspecified atom stereocenters. The van der Waals surface area contributed by atoms with Crippen molar-refractivity contribution < 1.29 is 9.53 Å². The van der Waals surface area contributed by atoms with Gasteiger partial charge in [0.2, 0.25) is 0 Å². The highest BCUT2D eigenvalue weighted by Gasteiger charge is 2.15. The number of ether oxygens (including phenoxy) is 1. The largest absolute Gasteiger partial charge is 0.492 e. The number of carbonyl (C=O) groups is 1. The van der Waals surface area contributed by atoms with Crippen molar-refractivity contribution in [2.24, 2.45) is 10.8 Å². The Balaban J connectivity index is 2.29. The van der Waals surface area contributed by atoms with Crippen LogP contribution in [-0.2, 0) is 0 Å². The molecular formula is C10H11N3O2. The number of para-hydroxylation sites is 1. The second-order valence-electron chi connectivity index (χ2n) is 3.13. The molecule has 1 aliphatic heterocycles. The van der Waals surface area contributed by atoms with Crippen LogP contribution in [0.1, 0.15) is 12.0 Å². The van der Waals surface area contributed by atoms with Crippen molar-refractivity contribution in [3.05, 3.63) is 29.8 Å². The number of benzene rings is 1. The van der Waals surface area contributed by atoms with Crippen LogP contribution in [0.5, 0.6) is 5.75 Å². The van der Waals surface area contributed by atoms with E-state index >= 15 is 0 Å². The minimum Gasteiger partial charge on any atom is -0.492 e. The molecule has 1 aromatic rings. The maximum atomic E-state index is 10.5. The molecule has 15 heavy (non-hydrogen) atoms. The smallest absolute Gasteiger partial charge is 0.332 e. The van der Waals surface area contributed by atoms with Crippen LogP contribution in [0.4, 0.5) is 4.79 Å². The average Bonchev–Trinajstić information content (AvgIpc) is 2.26. The van der Waals surface area contributed by atoms with Crippen LogP contribution >= 0.6 is 0 Å². The molecule has 0 saturated heterocycles. The summed E-state index contributed by atoms with van der Waals surface area (Å²) in [4.78, 5) is 10.5. The Morgan fingerprint density at radius 2 is 2.27 bits per heavy atom. The molecule has 1 aromatic carbocycles. The van der Waals surface area contributed by atoms with Gasteiger partial charge in [0, 0.05) is 12.0 Å². The van der Waals surface area contributed by atoms with Crippen molar-refractivity contribution in [1.82, 2.24) is 5.43 Å². The highest BCUT2D eigenvalue weighted by atomic mass is 16.5. The lowest BCUT2D eigenvalue weighted by molar-refractivity contribution is 0.249. The van der Waals surface area contributed by atoms with Gasteiger partial charge in [-0.25, -0.2) is 10.2 Å². The number of fused-ring (bicyclic) bond motifs is 1. The molecule has 0 aliphatic carbocycles. The fraction of sp³-hybridized carbons (Fsp3) is 0.200. The van der Waals surface area contributed by atoms with Crippen LogP contribution in [-0.4, -0.2) is 18.3 Å². The Kier molecular flexibility index (Phi) is 2.53. The number of nitrogens with zero attached hydrogens (tertiary/aromatic N) is 1. The normalized spacial score (nSPS) is 16.7. The first kappa shape index (κ1) is 9.51. The van der Waals surface area contributed by atoms with Crippen molar-refractivity contribution in [1.29, 1.82) is 0 Å². The quantitative estimate of drug-likeness (QED) is 0.666. The molecule has 0 saturated carbocycles. The summed E-state index contributed by atoms with van der Waals surface area (Å²) in [5, 5.41) is 3.94. The topological polar surface area (TPSA) is 76.7 Å². The lowest BCUT2D eigenvalue weighted by Gasteiger charge is -2.18. The summed E-state index contributed by atoms with van der Waals surface area (Å²) < 4.78 is 5.44. The molecular weight excluding hydrogens is 194 g/mol. The molecule has 0 radical (unpaired) electrons. The van der Waals surface area contributed by atoms with Crippen molar-refractivity contribution >= 4 is 11.7 Å². The number of carbonyl (C=O) groups excluding carboxylic acids is 1. The third kappa shape index (κ3) is 2.07. The van der Waals surface area contributed by atoms with E-state index < -0.39 is 6.03 Å². The second-order valence-corrected chi connectivity index (χ2v) is 3.13. The Morgan fingerprint density at radius 3 is 3.07 bits per heavy atom. The second kappa shape index (κ2) is 4.00. The summed E-state index contributed by atoms with van der Waals surface area (Å²) in [6.45, 7) is 0.566. The summed E-state index contributed by atoms with van der Waals surface area (Å²) in [7, 11) is 0. The first-order valence-electron chi connectivity index (χ1n) is 4.61. The zero-order chi connectivity index (χ0) is 10.7. The molecule has 78 valence electrons. The SMILES string of the molecule is NC(=O)N/N=C1/CCOc2ccccc21. The molecule has 0 aromatic heterocycles. The molecule has 5 nitrogen and oxygen atoms in total. The lowest BCUT2D eigenvalue weighted by Crippen LogP contribution is -2.27. The van der Waals surface area contributed by atoms with E-state index in [0.29, 0.717) is 13.0 Å². The number of rotatable bonds is 1. The fourth-order valence-electron chi connectivity index (χ4n) is 1.46. The van der Waals surface area contributed by atoms with E-state index in [0.717, 1.165) is 17.0 Å². The van der Waals surface area contributed by atoms with Gasteiger partial charge in [-0.15, -0.1) is 0 Å². The van der Waals surface area contributed by atoms with Crippen molar-refractivity contribution in [2.45, 2.75) is 6.42 Å². The molecule has 1 aliphatic rings. The minimum absolute atomic E-state index is 0.566. The molecule has 5 heteroatoms. The molecule has 0 spiro atoms. The maximum Gasteiger partial charge on any atom is 0.332 e. The minimum atomic E-state index is -0.661. The Bertz CT molecular complexity index is 415. The number of urea groups is 1. The van der Waals surface area contributed by atoms with E-state index in [1.54, 1.807) is 0 Å². The standard InChI is InChI=1S/C10H11N3O2/c11-10(14)13-12-8-5-6-15-9-4-2-1-3-7(8)9/h1-4H,5-6H2,(H3,11,13,14)/b12-8-. The monoisotopic (exact) mass is 205 g/mol. The van der Waals surface area contributed by atoms with E-state index in [9.17, 15) is 4.79 Å². The van der Waals surface area contributed by atoms with Gasteiger partial charge in [0.15, 0.2) is 0 Å². The van der Waals surface area contributed by atoms with E-state index in [1.807, 2.05) is 24.3 Å². The molecule has 2 amide bonds. The van der Waals surface area contributed by atoms with Crippen molar-refractivity contribution in [3.8, 4) is 5.75 Å². The van der Waals surface area contributed by atoms with Gasteiger partial charge >= 0.3 is 6.03 Å². The predicted molar refractivity (Wildman–Crippen MR) is 55.8 cm³/mol. The molecule has 3 N–H and O–H groups in total. The fourth-order valence-corrected chi connectivity index (χ4v) is 1.46. The van der Waals surface area contributed by atoms with Gasteiger partial charge in [0.25, 0.3) is 0 Å². The molecule has 2 rings (SSSR count). The van der Waals surface area contributed by atoms with E-state index in [1.165, 1.54) is 0 Å². The number of primary amides is 1. The number of hydrogen-bond donors (Lipinski definition) is 2. The summed E-state index contributed by atoms with van der Waals surface area (Å²) in [5.74, 6) is 0.786. The van der Waals surface area contributed by atoms with Gasteiger partial charge in [0.1, 0.15) is 5.75 Å². The van der Waals surface area contributed by atoms with Crippen LogP contribution < -0.4 is 15.9 Å². The van der Waals surface area contributed by atoms with Crippen LogP contribution in [0.3, 0.4) is 0 Å². The number of nitrogens with two attached hydrogens (primary N) is 1. The van der Waals surface area contributed by atoms with Crippen molar-refractivity contribution in [2.75, 3.05) is 6.61 Å². The first-order valence-corrected chi connectivity index (χ1v) is 4.61. The molecule has 0 bridgehead atoms. The van der Waals surface area contributed by atoms with Crippen LogP contribution in [0, 0.1) is 0 Å². The summed E-state index contributed by atoms with van der Waals surface area (Å²) in [6, 6.07) is 6.90. The van der Waals surface area contributed by atoms with Crippen LogP contribution in [0.15, 0.2) is 29.4 Å². The summed E-state index contributed by atoms with van der Waals surface area (Å²) in [6.07, 6.45) is 0.664. The molecule has 0 atom stereocenters. The number of hydrazone groups is 1. The van der Waals surface area contributed by atoms with E-state index in [-0.39, 0.29) is 0 Å². The van der Waals surface area contributed by atoms with Gasteiger partial charge in [0.05, 0.1) is 12.3 Å². The van der Waals surface area contributed by atoms with Crippen LogP contribution in [0.25, 0.3) is 0 Å². The van der Waals surface area contributed by atoms with Crippen LogP contribution in [0.2, 0.25) is 0 Å². The van der Waals surface area contributed by atoms with E-state index in [2.05, 4.69) is 10.5 Å². The van der Waals surface area contributed by atoms with Gasteiger partial charge in [-0.2, -0.15) is 5.10 Å². The Labute approximate surface area is 86.9 Å². The number of nitrogens with one attached hydrogen (secondary N) is 1. The van der Waals surface area contributed by atoms with Crippen molar-refractivity contribution in [3.63, 3.8) is 0 Å². The third-order valence-corrected chi connectivity index (χ3v) is 2.10. The highest BCUT2D eigenvalue weighted by Crippen LogP contribution is 2.23. The average molecular weight is 205 g/mol. The number of amides is 2. The lowest BCUT2D eigenvalue weighted by atomic mass is 10.0. The Morgan fingerprint density at radius 1 is 1.47 bits per heavy atom. The Hall–Kier alpha value is -2.04. The zero-order valence-electron chi connectivity index (χ0n) is 8.06. The maximum absolute atomic E-state index is 10.5. The zero-order valence-corrected chi connectivity index (χ0v) is 8.06. The first-order chi connectivity index (χ1) is 7.27. The van der Waals surface area contributed by atoms with Gasteiger partial charge in [-0.05, 0) is 12.1 Å². The van der Waals surface area contributed by atoms with Gasteiger partial charge < -0.3 is 10.5 Å². The predicted octanol–water partition coefficient (Wildman–Crippen LogP) is 0.841.